The van der Waals surface area contributed by atoms with Gasteiger partial charge in [0.05, 0.1) is 28.7 Å². The predicted octanol–water partition coefficient (Wildman–Crippen LogP) is 2.07. The van der Waals surface area contributed by atoms with Gasteiger partial charge in [-0.15, -0.1) is 0 Å². The number of hydrogen-bond donors (Lipinski definition) is 1. The van der Waals surface area contributed by atoms with Crippen molar-refractivity contribution in [2.24, 2.45) is 5.73 Å². The largest absolute Gasteiger partial charge is 0.461 e. The van der Waals surface area contributed by atoms with Crippen LogP contribution in [0.3, 0.4) is 0 Å². The minimum atomic E-state index is -1.20. The van der Waals surface area contributed by atoms with Crippen molar-refractivity contribution in [3.8, 4) is 0 Å². The Kier molecular flexibility index (Phi) is 6.05. The van der Waals surface area contributed by atoms with E-state index in [0.717, 1.165) is 22.6 Å². The van der Waals surface area contributed by atoms with Gasteiger partial charge in [0.2, 0.25) is 5.91 Å². The Morgan fingerprint density at radius 3 is 2.60 bits per heavy atom. The van der Waals surface area contributed by atoms with Crippen molar-refractivity contribution in [2.45, 2.75) is 32.0 Å². The molecule has 2 amide bonds. The molecule has 2 N–H and O–H groups in total. The van der Waals surface area contributed by atoms with Gasteiger partial charge in [-0.3, -0.25) is 24.5 Å². The van der Waals surface area contributed by atoms with Crippen LogP contribution in [0.15, 0.2) is 42.5 Å². The number of nitro benzene ring substituents is 1. The standard InChI is InChI=1S/C20H18FN3O6/c21-13-8-14-15(17(9-13)24(28)29)10-23(20(14)27)16(19(22)26)6-7-18(25)30-11-12-4-2-1-3-5-12/h1-5,8-9,16H,6-7,10-11H2,(H2,22,26). The molecule has 0 saturated heterocycles. The van der Waals surface area contributed by atoms with Crippen molar-refractivity contribution in [1.82, 2.24) is 4.90 Å². The van der Waals surface area contributed by atoms with Crippen LogP contribution in [-0.4, -0.2) is 33.6 Å². The summed E-state index contributed by atoms with van der Waals surface area (Å²) < 4.78 is 18.8. The summed E-state index contributed by atoms with van der Waals surface area (Å²) in [4.78, 5) is 48.0. The molecule has 2 aromatic carbocycles. The highest BCUT2D eigenvalue weighted by Gasteiger charge is 2.39. The summed E-state index contributed by atoms with van der Waals surface area (Å²) in [5.41, 5.74) is 5.45. The third-order valence-corrected chi connectivity index (χ3v) is 4.78. The average molecular weight is 415 g/mol. The molecule has 1 unspecified atom stereocenters. The quantitative estimate of drug-likeness (QED) is 0.399. The highest BCUT2D eigenvalue weighted by molar-refractivity contribution is 6.02. The summed E-state index contributed by atoms with van der Waals surface area (Å²) in [7, 11) is 0. The maximum atomic E-state index is 13.7. The highest BCUT2D eigenvalue weighted by Crippen LogP contribution is 2.33. The zero-order valence-corrected chi connectivity index (χ0v) is 15.7. The molecule has 1 aliphatic heterocycles. The van der Waals surface area contributed by atoms with E-state index in [4.69, 9.17) is 10.5 Å². The molecule has 156 valence electrons. The Labute approximate surface area is 170 Å². The van der Waals surface area contributed by atoms with Gasteiger partial charge in [-0.05, 0) is 18.1 Å². The first kappa shape index (κ1) is 20.9. The smallest absolute Gasteiger partial charge is 0.306 e. The molecule has 0 bridgehead atoms. The first-order chi connectivity index (χ1) is 14.3. The molecule has 0 radical (unpaired) electrons. The molecule has 0 fully saturated rings. The van der Waals surface area contributed by atoms with Crippen molar-refractivity contribution in [1.29, 1.82) is 0 Å². The van der Waals surface area contributed by atoms with Crippen molar-refractivity contribution in [3.05, 3.63) is 75.1 Å². The van der Waals surface area contributed by atoms with Crippen LogP contribution in [0.5, 0.6) is 0 Å². The molecule has 3 rings (SSSR count). The number of carbonyl (C=O) groups is 3. The lowest BCUT2D eigenvalue weighted by molar-refractivity contribution is -0.385. The lowest BCUT2D eigenvalue weighted by atomic mass is 10.1. The number of benzene rings is 2. The Bertz CT molecular complexity index is 1010. The fourth-order valence-corrected chi connectivity index (χ4v) is 3.31. The normalized spacial score (nSPS) is 13.6. The van der Waals surface area contributed by atoms with Gasteiger partial charge in [-0.1, -0.05) is 30.3 Å². The van der Waals surface area contributed by atoms with Crippen LogP contribution in [0, 0.1) is 15.9 Å². The fourth-order valence-electron chi connectivity index (χ4n) is 3.31. The van der Waals surface area contributed by atoms with Gasteiger partial charge in [0, 0.05) is 6.42 Å². The number of primary amides is 1. The average Bonchev–Trinajstić information content (AvgIpc) is 3.03. The molecule has 0 spiro atoms. The van der Waals surface area contributed by atoms with E-state index in [1.807, 2.05) is 6.07 Å². The summed E-state index contributed by atoms with van der Waals surface area (Å²) in [6.07, 6.45) is -0.323. The molecule has 1 heterocycles. The van der Waals surface area contributed by atoms with E-state index in [0.29, 0.717) is 0 Å². The molecule has 0 saturated carbocycles. The van der Waals surface area contributed by atoms with Crippen molar-refractivity contribution in [3.63, 3.8) is 0 Å². The molecule has 30 heavy (non-hydrogen) atoms. The third-order valence-electron chi connectivity index (χ3n) is 4.78. The minimum Gasteiger partial charge on any atom is -0.461 e. The van der Waals surface area contributed by atoms with Crippen LogP contribution in [-0.2, 0) is 27.5 Å². The van der Waals surface area contributed by atoms with E-state index < -0.39 is 40.3 Å². The summed E-state index contributed by atoms with van der Waals surface area (Å²) in [5.74, 6) is -3.16. The molecule has 1 atom stereocenters. The summed E-state index contributed by atoms with van der Waals surface area (Å²) in [6.45, 7) is -0.224. The highest BCUT2D eigenvalue weighted by atomic mass is 19.1. The van der Waals surface area contributed by atoms with Crippen LogP contribution < -0.4 is 5.73 Å². The zero-order valence-electron chi connectivity index (χ0n) is 15.7. The monoisotopic (exact) mass is 415 g/mol. The summed E-state index contributed by atoms with van der Waals surface area (Å²) in [6, 6.07) is 9.39. The maximum Gasteiger partial charge on any atom is 0.306 e. The van der Waals surface area contributed by atoms with Gasteiger partial charge in [0.25, 0.3) is 11.6 Å². The molecule has 2 aromatic rings. The van der Waals surface area contributed by atoms with Crippen LogP contribution in [0.4, 0.5) is 10.1 Å². The van der Waals surface area contributed by atoms with E-state index in [-0.39, 0.29) is 37.1 Å². The van der Waals surface area contributed by atoms with Gasteiger partial charge in [-0.2, -0.15) is 0 Å². The number of ether oxygens (including phenoxy) is 1. The van der Waals surface area contributed by atoms with E-state index in [2.05, 4.69) is 0 Å². The summed E-state index contributed by atoms with van der Waals surface area (Å²) in [5, 5.41) is 11.2. The number of nitrogens with zero attached hydrogens (tertiary/aromatic N) is 2. The van der Waals surface area contributed by atoms with Crippen LogP contribution in [0.25, 0.3) is 0 Å². The maximum absolute atomic E-state index is 13.7. The number of esters is 1. The number of halogens is 1. The molecule has 9 nitrogen and oxygen atoms in total. The number of carbonyl (C=O) groups excluding carboxylic acids is 3. The number of amides is 2. The zero-order chi connectivity index (χ0) is 21.8. The molecular weight excluding hydrogens is 397 g/mol. The van der Waals surface area contributed by atoms with Crippen molar-refractivity contribution >= 4 is 23.5 Å². The van der Waals surface area contributed by atoms with Gasteiger partial charge in [0.1, 0.15) is 18.5 Å². The Hall–Kier alpha value is -3.82. The van der Waals surface area contributed by atoms with Gasteiger partial charge < -0.3 is 15.4 Å². The van der Waals surface area contributed by atoms with Crippen LogP contribution >= 0.6 is 0 Å². The van der Waals surface area contributed by atoms with Crippen molar-refractivity contribution in [2.75, 3.05) is 0 Å². The molecule has 10 heteroatoms. The first-order valence-electron chi connectivity index (χ1n) is 9.04. The molecule has 1 aliphatic rings. The Morgan fingerprint density at radius 2 is 1.97 bits per heavy atom. The van der Waals surface area contributed by atoms with Gasteiger partial charge in [-0.25, -0.2) is 4.39 Å². The minimum absolute atomic E-state index is 0.00399. The van der Waals surface area contributed by atoms with Gasteiger partial charge >= 0.3 is 5.97 Å². The number of fused-ring (bicyclic) bond motifs is 1. The number of nitro groups is 1. The number of nitrogens with two attached hydrogens (primary N) is 1. The Balaban J connectivity index is 1.68. The topological polar surface area (TPSA) is 133 Å². The second-order valence-corrected chi connectivity index (χ2v) is 6.74. The SMILES string of the molecule is NC(=O)C(CCC(=O)OCc1ccccc1)N1Cc2c(cc(F)cc2[N+](=O)[O-])C1=O. The summed E-state index contributed by atoms with van der Waals surface area (Å²) >= 11 is 0. The number of rotatable bonds is 8. The predicted molar refractivity (Wildman–Crippen MR) is 101 cm³/mol. The van der Waals surface area contributed by atoms with Gasteiger partial charge in [0.15, 0.2) is 0 Å². The molecule has 0 aromatic heterocycles. The lowest BCUT2D eigenvalue weighted by Gasteiger charge is -2.24. The second-order valence-electron chi connectivity index (χ2n) is 6.74. The second kappa shape index (κ2) is 8.68. The van der Waals surface area contributed by atoms with Crippen molar-refractivity contribution < 1.29 is 28.4 Å². The lowest BCUT2D eigenvalue weighted by Crippen LogP contribution is -2.45. The van der Waals surface area contributed by atoms with E-state index in [1.54, 1.807) is 24.3 Å². The molecular formula is C20H18FN3O6. The molecule has 0 aliphatic carbocycles. The van der Waals surface area contributed by atoms with Crippen LogP contribution in [0.2, 0.25) is 0 Å². The van der Waals surface area contributed by atoms with Crippen LogP contribution in [0.1, 0.15) is 34.3 Å². The van der Waals surface area contributed by atoms with E-state index in [1.165, 1.54) is 0 Å². The Morgan fingerprint density at radius 1 is 1.27 bits per heavy atom. The van der Waals surface area contributed by atoms with E-state index in [9.17, 15) is 28.9 Å². The number of hydrogen-bond acceptors (Lipinski definition) is 6. The van der Waals surface area contributed by atoms with E-state index >= 15 is 0 Å². The fraction of sp³-hybridized carbons (Fsp3) is 0.250. The first-order valence-corrected chi connectivity index (χ1v) is 9.04. The third kappa shape index (κ3) is 4.43.